The van der Waals surface area contributed by atoms with E-state index < -0.39 is 0 Å². The van der Waals surface area contributed by atoms with Gasteiger partial charge in [-0.25, -0.2) is 4.79 Å². The summed E-state index contributed by atoms with van der Waals surface area (Å²) in [7, 11) is 0. The SMILES string of the molecule is N[C@]1(c2ccccc2)C[C@H]1c1ccc(NC(=O)c2cccc(N3CCOC3=O)c2)cc1. The van der Waals surface area contributed by atoms with E-state index in [0.717, 1.165) is 12.0 Å². The molecule has 3 aromatic carbocycles. The first kappa shape index (κ1) is 19.3. The summed E-state index contributed by atoms with van der Waals surface area (Å²) in [4.78, 5) is 26.0. The number of hydrogen-bond donors (Lipinski definition) is 2. The molecule has 0 radical (unpaired) electrons. The second kappa shape index (κ2) is 7.56. The predicted octanol–water partition coefficient (Wildman–Crippen LogP) is 4.24. The number of anilines is 2. The molecule has 2 atom stereocenters. The Morgan fingerprint density at radius 3 is 2.52 bits per heavy atom. The van der Waals surface area contributed by atoms with Crippen LogP contribution in [0.4, 0.5) is 16.2 Å². The average molecular weight is 413 g/mol. The predicted molar refractivity (Wildman–Crippen MR) is 119 cm³/mol. The summed E-state index contributed by atoms with van der Waals surface area (Å²) < 4.78 is 4.97. The van der Waals surface area contributed by atoms with Crippen molar-refractivity contribution in [2.24, 2.45) is 5.73 Å². The summed E-state index contributed by atoms with van der Waals surface area (Å²) in [5, 5.41) is 2.92. The van der Waals surface area contributed by atoms with Crippen molar-refractivity contribution in [1.29, 1.82) is 0 Å². The molecule has 0 unspecified atom stereocenters. The molecule has 1 aliphatic carbocycles. The fraction of sp³-hybridized carbons (Fsp3) is 0.200. The lowest BCUT2D eigenvalue weighted by molar-refractivity contribution is 0.102. The van der Waals surface area contributed by atoms with Crippen molar-refractivity contribution >= 4 is 23.4 Å². The van der Waals surface area contributed by atoms with Crippen LogP contribution < -0.4 is 16.0 Å². The Morgan fingerprint density at radius 1 is 1.03 bits per heavy atom. The topological polar surface area (TPSA) is 84.7 Å². The Labute approximate surface area is 180 Å². The number of carbonyl (C=O) groups excluding carboxylic acids is 2. The van der Waals surface area contributed by atoms with E-state index in [1.54, 1.807) is 24.3 Å². The minimum absolute atomic E-state index is 0.231. The van der Waals surface area contributed by atoms with E-state index >= 15 is 0 Å². The molecule has 1 aliphatic heterocycles. The van der Waals surface area contributed by atoms with E-state index in [1.807, 2.05) is 42.5 Å². The molecule has 0 bridgehead atoms. The van der Waals surface area contributed by atoms with E-state index in [-0.39, 0.29) is 23.5 Å². The third-order valence-electron chi connectivity index (χ3n) is 6.07. The number of rotatable bonds is 5. The van der Waals surface area contributed by atoms with Gasteiger partial charge in [0.1, 0.15) is 6.61 Å². The third kappa shape index (κ3) is 3.66. The van der Waals surface area contributed by atoms with Gasteiger partial charge in [-0.05, 0) is 47.9 Å². The average Bonchev–Trinajstić information content (AvgIpc) is 3.32. The highest BCUT2D eigenvalue weighted by molar-refractivity contribution is 6.05. The van der Waals surface area contributed by atoms with E-state index in [4.69, 9.17) is 10.5 Å². The Balaban J connectivity index is 1.26. The minimum Gasteiger partial charge on any atom is -0.447 e. The van der Waals surface area contributed by atoms with Crippen LogP contribution in [-0.4, -0.2) is 25.2 Å². The summed E-state index contributed by atoms with van der Waals surface area (Å²) in [5.41, 5.74) is 10.5. The Morgan fingerprint density at radius 2 is 1.81 bits per heavy atom. The lowest BCUT2D eigenvalue weighted by atomic mass is 9.99. The van der Waals surface area contributed by atoms with Crippen molar-refractivity contribution < 1.29 is 14.3 Å². The van der Waals surface area contributed by atoms with Crippen LogP contribution in [-0.2, 0) is 10.3 Å². The van der Waals surface area contributed by atoms with Crippen molar-refractivity contribution in [2.75, 3.05) is 23.4 Å². The molecule has 1 saturated heterocycles. The Bertz CT molecular complexity index is 1130. The van der Waals surface area contributed by atoms with Crippen LogP contribution in [0.3, 0.4) is 0 Å². The normalized spacial score (nSPS) is 22.2. The van der Waals surface area contributed by atoms with Gasteiger partial charge in [-0.2, -0.15) is 0 Å². The van der Waals surface area contributed by atoms with Gasteiger partial charge in [-0.1, -0.05) is 48.5 Å². The maximum absolute atomic E-state index is 12.7. The van der Waals surface area contributed by atoms with Crippen LogP contribution in [0.1, 0.15) is 33.8 Å². The second-order valence-electron chi connectivity index (χ2n) is 8.06. The highest BCUT2D eigenvalue weighted by Gasteiger charge is 2.52. The minimum atomic E-state index is -0.389. The number of nitrogens with two attached hydrogens (primary N) is 1. The fourth-order valence-corrected chi connectivity index (χ4v) is 4.21. The van der Waals surface area contributed by atoms with Gasteiger partial charge in [-0.3, -0.25) is 9.69 Å². The highest BCUT2D eigenvalue weighted by atomic mass is 16.6. The zero-order valence-electron chi connectivity index (χ0n) is 17.0. The highest BCUT2D eigenvalue weighted by Crippen LogP contribution is 2.56. The maximum Gasteiger partial charge on any atom is 0.414 e. The molecule has 2 aliphatic rings. The summed E-state index contributed by atoms with van der Waals surface area (Å²) in [5.74, 6) is 0.0441. The van der Waals surface area contributed by atoms with Gasteiger partial charge in [0, 0.05) is 28.4 Å². The monoisotopic (exact) mass is 413 g/mol. The molecule has 1 heterocycles. The van der Waals surface area contributed by atoms with Gasteiger partial charge in [0.05, 0.1) is 6.54 Å². The lowest BCUT2D eigenvalue weighted by Crippen LogP contribution is -2.23. The van der Waals surface area contributed by atoms with Crippen LogP contribution in [0.5, 0.6) is 0 Å². The smallest absolute Gasteiger partial charge is 0.414 e. The number of ether oxygens (including phenoxy) is 1. The van der Waals surface area contributed by atoms with Crippen LogP contribution in [0.25, 0.3) is 0 Å². The largest absolute Gasteiger partial charge is 0.447 e. The molecule has 3 aromatic rings. The number of nitrogens with zero attached hydrogens (tertiary/aromatic N) is 1. The van der Waals surface area contributed by atoms with Crippen molar-refractivity contribution in [1.82, 2.24) is 0 Å². The molecule has 2 amide bonds. The second-order valence-corrected chi connectivity index (χ2v) is 8.06. The molecule has 5 rings (SSSR count). The van der Waals surface area contributed by atoms with Crippen LogP contribution in [0.15, 0.2) is 78.9 Å². The third-order valence-corrected chi connectivity index (χ3v) is 6.07. The molecule has 0 aromatic heterocycles. The molecule has 2 fully saturated rings. The fourth-order valence-electron chi connectivity index (χ4n) is 4.21. The summed E-state index contributed by atoms with van der Waals surface area (Å²) in [6.45, 7) is 0.842. The first-order chi connectivity index (χ1) is 15.0. The molecule has 6 nitrogen and oxygen atoms in total. The summed E-state index contributed by atoms with van der Waals surface area (Å²) in [6.07, 6.45) is 0.522. The molecule has 156 valence electrons. The molecule has 31 heavy (non-hydrogen) atoms. The number of hydrogen-bond acceptors (Lipinski definition) is 4. The van der Waals surface area contributed by atoms with Crippen molar-refractivity contribution in [3.63, 3.8) is 0 Å². The lowest BCUT2D eigenvalue weighted by Gasteiger charge is -2.14. The number of carbonyl (C=O) groups is 2. The van der Waals surface area contributed by atoms with Crippen LogP contribution in [0, 0.1) is 0 Å². The summed E-state index contributed by atoms with van der Waals surface area (Å²) >= 11 is 0. The first-order valence-electron chi connectivity index (χ1n) is 10.3. The van der Waals surface area contributed by atoms with E-state index in [2.05, 4.69) is 17.4 Å². The number of nitrogens with one attached hydrogen (secondary N) is 1. The molecular weight excluding hydrogens is 390 g/mol. The van der Waals surface area contributed by atoms with Crippen molar-refractivity contribution in [2.45, 2.75) is 17.9 Å². The maximum atomic E-state index is 12.7. The van der Waals surface area contributed by atoms with Gasteiger partial charge in [-0.15, -0.1) is 0 Å². The molecule has 1 saturated carbocycles. The summed E-state index contributed by atoms with van der Waals surface area (Å²) in [6, 6.07) is 25.0. The first-order valence-corrected chi connectivity index (χ1v) is 10.3. The van der Waals surface area contributed by atoms with Crippen molar-refractivity contribution in [3.8, 4) is 0 Å². The zero-order valence-corrected chi connectivity index (χ0v) is 17.0. The van der Waals surface area contributed by atoms with E-state index in [0.29, 0.717) is 30.1 Å². The quantitative estimate of drug-likeness (QED) is 0.655. The van der Waals surface area contributed by atoms with Crippen molar-refractivity contribution in [3.05, 3.63) is 95.6 Å². The van der Waals surface area contributed by atoms with Gasteiger partial charge < -0.3 is 15.8 Å². The zero-order chi connectivity index (χ0) is 21.4. The molecule has 0 spiro atoms. The number of cyclic esters (lactones) is 1. The van der Waals surface area contributed by atoms with Crippen LogP contribution in [0.2, 0.25) is 0 Å². The van der Waals surface area contributed by atoms with Gasteiger partial charge in [0.2, 0.25) is 0 Å². The Kier molecular flexibility index (Phi) is 4.71. The van der Waals surface area contributed by atoms with E-state index in [1.165, 1.54) is 10.5 Å². The number of amides is 2. The number of benzene rings is 3. The molecule has 6 heteroatoms. The van der Waals surface area contributed by atoms with Gasteiger partial charge in [0.15, 0.2) is 0 Å². The molecular formula is C25H23N3O3. The van der Waals surface area contributed by atoms with Crippen LogP contribution >= 0.6 is 0 Å². The Hall–Kier alpha value is -3.64. The van der Waals surface area contributed by atoms with Gasteiger partial charge in [0.25, 0.3) is 5.91 Å². The van der Waals surface area contributed by atoms with E-state index in [9.17, 15) is 9.59 Å². The standard InChI is InChI=1S/C25H23N3O3/c26-25(19-6-2-1-3-7-19)16-22(25)17-9-11-20(12-10-17)27-23(29)18-5-4-8-21(15-18)28-13-14-31-24(28)30/h1-12,15,22H,13-14,16,26H2,(H,27,29)/t22-,25-/m0/s1. The van der Waals surface area contributed by atoms with Gasteiger partial charge >= 0.3 is 6.09 Å². The molecule has 3 N–H and O–H groups in total.